The van der Waals surface area contributed by atoms with E-state index in [2.05, 4.69) is 25.5 Å². The molecule has 4 heterocycles. The van der Waals surface area contributed by atoms with E-state index in [1.807, 2.05) is 38.1 Å². The minimum Gasteiger partial charge on any atom is -0.328 e. The van der Waals surface area contributed by atoms with Crippen LogP contribution in [0.25, 0.3) is 10.7 Å². The summed E-state index contributed by atoms with van der Waals surface area (Å²) in [5, 5.41) is 10.9. The second kappa shape index (κ2) is 9.70. The Labute approximate surface area is 220 Å². The normalized spacial score (nSPS) is 20.8. The van der Waals surface area contributed by atoms with Crippen molar-refractivity contribution in [2.24, 2.45) is 5.92 Å². The maximum absolute atomic E-state index is 14.0. The highest BCUT2D eigenvalue weighted by molar-refractivity contribution is 6.07. The number of hydrogen-bond donors (Lipinski definition) is 1. The van der Waals surface area contributed by atoms with E-state index in [1.165, 1.54) is 20.7 Å². The first-order valence-electron chi connectivity index (χ1n) is 12.4. The van der Waals surface area contributed by atoms with Crippen LogP contribution in [0, 0.1) is 12.5 Å². The van der Waals surface area contributed by atoms with Crippen molar-refractivity contribution in [1.29, 1.82) is 0 Å². The molecule has 3 amide bonds. The van der Waals surface area contributed by atoms with Crippen molar-refractivity contribution >= 4 is 23.4 Å². The highest BCUT2D eigenvalue weighted by Gasteiger charge is 2.59. The third-order valence-electron chi connectivity index (χ3n) is 7.25. The first-order chi connectivity index (χ1) is 18.2. The zero-order valence-electron chi connectivity index (χ0n) is 21.4. The highest BCUT2D eigenvalue weighted by atomic mass is 16.2. The van der Waals surface area contributed by atoms with Crippen LogP contribution in [0.3, 0.4) is 0 Å². The van der Waals surface area contributed by atoms with Gasteiger partial charge < -0.3 is 10.2 Å². The molecule has 194 valence electrons. The zero-order chi connectivity index (χ0) is 27.0. The van der Waals surface area contributed by atoms with Gasteiger partial charge in [0.25, 0.3) is 11.8 Å². The van der Waals surface area contributed by atoms with Crippen molar-refractivity contribution in [3.8, 4) is 5.82 Å². The van der Waals surface area contributed by atoms with Crippen LogP contribution < -0.4 is 5.32 Å². The molecule has 0 radical (unpaired) electrons. The van der Waals surface area contributed by atoms with E-state index in [0.29, 0.717) is 17.9 Å². The number of anilines is 1. The lowest BCUT2D eigenvalue weighted by Gasteiger charge is -2.31. The predicted molar refractivity (Wildman–Crippen MR) is 138 cm³/mol. The molecular weight excluding hydrogens is 484 g/mol. The summed E-state index contributed by atoms with van der Waals surface area (Å²) in [6.45, 7) is 11.8. The van der Waals surface area contributed by atoms with Crippen LogP contribution in [0.1, 0.15) is 42.7 Å². The minimum absolute atomic E-state index is 0.0726. The van der Waals surface area contributed by atoms with Crippen LogP contribution in [0.15, 0.2) is 54.9 Å². The molecule has 1 N–H and O–H groups in total. The van der Waals surface area contributed by atoms with Crippen LogP contribution >= 0.6 is 0 Å². The third kappa shape index (κ3) is 4.18. The average Bonchev–Trinajstić information content (AvgIpc) is 3.64. The molecule has 0 saturated carbocycles. The Morgan fingerprint density at radius 2 is 2.00 bits per heavy atom. The molecule has 0 unspecified atom stereocenters. The largest absolute Gasteiger partial charge is 0.328 e. The predicted octanol–water partition coefficient (Wildman–Crippen LogP) is 2.52. The number of fused-ring (bicyclic) bond motifs is 2. The minimum atomic E-state index is -0.988. The second-order valence-corrected chi connectivity index (χ2v) is 10.2. The number of likely N-dealkylation sites (N-methyl/N-ethyl adjacent to an activating group) is 1. The number of carbonyl (C=O) groups is 3. The van der Waals surface area contributed by atoms with Crippen molar-refractivity contribution in [1.82, 2.24) is 29.8 Å². The molecule has 0 bridgehead atoms. The molecule has 2 aromatic heterocycles. The number of aromatic nitrogens is 4. The van der Waals surface area contributed by atoms with Gasteiger partial charge in [-0.25, -0.2) is 16.2 Å². The second-order valence-electron chi connectivity index (χ2n) is 10.2. The molecule has 0 aliphatic carbocycles. The molecule has 1 fully saturated rings. The summed E-state index contributed by atoms with van der Waals surface area (Å²) in [5.74, 6) is -0.445. The number of para-hydroxylation sites is 1. The summed E-state index contributed by atoms with van der Waals surface area (Å²) in [4.78, 5) is 51.4. The Morgan fingerprint density at radius 1 is 1.24 bits per heavy atom. The molecular formula is C27H28N8O3. The van der Waals surface area contributed by atoms with Crippen LogP contribution in [-0.4, -0.2) is 73.3 Å². The Bertz CT molecular complexity index is 1430. The standard InChI is InChI=1S/C27H28N8O3/c1-17(2)13-21(33(4)24(36)20-15-35(32-31-20)22-11-7-8-12-29-22)25(37)34-16-27(14-23(34)28-3)18-9-5-6-10-19(18)30-26(27)38/h5-12,15,17,21,23H,13-14,16H2,1-2,4H3,(H,30,38)/t21-,23-,27-/m0/s1. The molecule has 2 aliphatic rings. The summed E-state index contributed by atoms with van der Waals surface area (Å²) >= 11 is 0. The zero-order valence-corrected chi connectivity index (χ0v) is 21.4. The van der Waals surface area contributed by atoms with E-state index < -0.39 is 23.5 Å². The topological polar surface area (TPSA) is 118 Å². The smallest absolute Gasteiger partial charge is 0.302 e. The van der Waals surface area contributed by atoms with Crippen molar-refractivity contribution in [3.63, 3.8) is 0 Å². The summed E-state index contributed by atoms with van der Waals surface area (Å²) in [7, 11) is 1.56. The van der Waals surface area contributed by atoms with Gasteiger partial charge in [0.15, 0.2) is 11.5 Å². The van der Waals surface area contributed by atoms with Gasteiger partial charge >= 0.3 is 6.17 Å². The number of nitrogens with one attached hydrogen (secondary N) is 1. The number of nitrogens with zero attached hydrogens (tertiary/aromatic N) is 7. The number of carbonyl (C=O) groups excluding carboxylic acids is 3. The number of hydrogen-bond acceptors (Lipinski definition) is 6. The Morgan fingerprint density at radius 3 is 2.71 bits per heavy atom. The molecule has 11 heteroatoms. The number of benzene rings is 1. The fourth-order valence-electron chi connectivity index (χ4n) is 5.30. The van der Waals surface area contributed by atoms with Gasteiger partial charge in [0.1, 0.15) is 11.5 Å². The highest BCUT2D eigenvalue weighted by Crippen LogP contribution is 2.47. The van der Waals surface area contributed by atoms with Gasteiger partial charge in [-0.1, -0.05) is 43.3 Å². The number of pyridine rings is 1. The molecule has 11 nitrogen and oxygen atoms in total. The van der Waals surface area contributed by atoms with E-state index >= 15 is 0 Å². The van der Waals surface area contributed by atoms with Gasteiger partial charge in [-0.2, -0.15) is 0 Å². The molecule has 1 aromatic carbocycles. The first kappa shape index (κ1) is 25.1. The maximum Gasteiger partial charge on any atom is 0.302 e. The molecule has 38 heavy (non-hydrogen) atoms. The first-order valence-corrected chi connectivity index (χ1v) is 12.4. The van der Waals surface area contributed by atoms with Gasteiger partial charge in [0.2, 0.25) is 5.91 Å². The van der Waals surface area contributed by atoms with Gasteiger partial charge in [-0.15, -0.1) is 5.10 Å². The molecule has 5 rings (SSSR count). The molecule has 3 atom stereocenters. The number of likely N-dealkylation sites (tertiary alicyclic amines) is 1. The van der Waals surface area contributed by atoms with Gasteiger partial charge in [-0.05, 0) is 36.1 Å². The summed E-state index contributed by atoms with van der Waals surface area (Å²) in [6, 6.07) is 11.9. The van der Waals surface area contributed by atoms with E-state index in [4.69, 9.17) is 6.57 Å². The Hall–Kier alpha value is -4.59. The molecule has 1 spiro atoms. The summed E-state index contributed by atoms with van der Waals surface area (Å²) in [5.41, 5.74) is 0.587. The molecule has 2 aliphatic heterocycles. The van der Waals surface area contributed by atoms with Crippen LogP contribution in [0.5, 0.6) is 0 Å². The lowest BCUT2D eigenvalue weighted by atomic mass is 9.80. The Kier molecular flexibility index (Phi) is 6.40. The maximum atomic E-state index is 14.0. The van der Waals surface area contributed by atoms with Crippen molar-refractivity contribution in [3.05, 3.63) is 77.5 Å². The average molecular weight is 513 g/mol. The van der Waals surface area contributed by atoms with Crippen LogP contribution in [0.2, 0.25) is 0 Å². The fourth-order valence-corrected chi connectivity index (χ4v) is 5.30. The number of rotatable bonds is 6. The summed E-state index contributed by atoms with van der Waals surface area (Å²) in [6.07, 6.45) is 2.86. The lowest BCUT2D eigenvalue weighted by molar-refractivity contribution is -0.136. The molecule has 3 aromatic rings. The third-order valence-corrected chi connectivity index (χ3v) is 7.25. The van der Waals surface area contributed by atoms with Crippen molar-refractivity contribution in [2.45, 2.75) is 44.3 Å². The van der Waals surface area contributed by atoms with Crippen LogP contribution in [0.4, 0.5) is 5.69 Å². The van der Waals surface area contributed by atoms with Crippen molar-refractivity contribution in [2.75, 3.05) is 18.9 Å². The van der Waals surface area contributed by atoms with E-state index in [0.717, 1.165) is 5.56 Å². The quantitative estimate of drug-likeness (QED) is 0.507. The Balaban J connectivity index is 1.42. The van der Waals surface area contributed by atoms with E-state index in [1.54, 1.807) is 31.4 Å². The van der Waals surface area contributed by atoms with Gasteiger partial charge in [0.05, 0.1) is 12.6 Å². The van der Waals surface area contributed by atoms with Gasteiger partial charge in [0, 0.05) is 25.5 Å². The van der Waals surface area contributed by atoms with E-state index in [9.17, 15) is 14.4 Å². The number of amides is 3. The van der Waals surface area contributed by atoms with Crippen molar-refractivity contribution < 1.29 is 14.4 Å². The summed E-state index contributed by atoms with van der Waals surface area (Å²) < 4.78 is 1.40. The van der Waals surface area contributed by atoms with E-state index in [-0.39, 0.29) is 36.4 Å². The van der Waals surface area contributed by atoms with Gasteiger partial charge in [-0.3, -0.25) is 24.1 Å². The monoisotopic (exact) mass is 512 g/mol. The fraction of sp³-hybridized carbons (Fsp3) is 0.370. The van der Waals surface area contributed by atoms with Crippen LogP contribution in [-0.2, 0) is 15.0 Å². The lowest BCUT2D eigenvalue weighted by Crippen LogP contribution is -2.51. The SMILES string of the molecule is [C-]#[N+][C@@H]1C[C@@]2(CN1C(=O)[C@H](CC(C)C)N(C)C(=O)c1cn(-c3ccccn3)nn1)C(=O)Nc1ccccc12. The molecule has 1 saturated heterocycles.